The molecule has 0 aliphatic rings. The normalized spacial score (nSPS) is 12.9. The third-order valence-corrected chi connectivity index (χ3v) is 5.34. The van der Waals surface area contributed by atoms with Gasteiger partial charge in [-0.05, 0) is 67.4 Å². The van der Waals surface area contributed by atoms with E-state index in [4.69, 9.17) is 0 Å². The number of halogens is 2. The van der Waals surface area contributed by atoms with Gasteiger partial charge in [0.1, 0.15) is 11.6 Å². The Kier molecular flexibility index (Phi) is 10.2. The smallest absolute Gasteiger partial charge is 0.273 e. The van der Waals surface area contributed by atoms with Crippen LogP contribution in [0, 0.1) is 11.6 Å². The van der Waals surface area contributed by atoms with Gasteiger partial charge in [0.2, 0.25) is 0 Å². The minimum atomic E-state index is -0.770. The summed E-state index contributed by atoms with van der Waals surface area (Å²) in [4.78, 5) is 27.6. The Hall–Kier alpha value is -3.99. The first-order chi connectivity index (χ1) is 18.1. The molecule has 2 atom stereocenters. The zero-order chi connectivity index (χ0) is 27.7. The molecule has 2 unspecified atom stereocenters. The minimum absolute atomic E-state index is 0.0742. The van der Waals surface area contributed by atoms with Gasteiger partial charge >= 0.3 is 0 Å². The Morgan fingerprint density at radius 1 is 0.921 bits per heavy atom. The van der Waals surface area contributed by atoms with Crippen LogP contribution in [0.25, 0.3) is 0 Å². The van der Waals surface area contributed by atoms with Crippen molar-refractivity contribution in [1.29, 1.82) is 0 Å². The van der Waals surface area contributed by atoms with Crippen molar-refractivity contribution in [2.45, 2.75) is 32.6 Å². The fourth-order valence-corrected chi connectivity index (χ4v) is 3.84. The summed E-state index contributed by atoms with van der Waals surface area (Å²) in [5.41, 5.74) is 3.68. The number of nitrogens with zero attached hydrogens (tertiary/aromatic N) is 2. The number of hydrazone groups is 1. The predicted octanol–water partition coefficient (Wildman–Crippen LogP) is 3.54. The average molecular weight is 525 g/mol. The Morgan fingerprint density at radius 3 is 2.29 bits per heavy atom. The van der Waals surface area contributed by atoms with Crippen LogP contribution in [0.4, 0.5) is 14.5 Å². The number of rotatable bonds is 11. The zero-order valence-corrected chi connectivity index (χ0v) is 21.1. The van der Waals surface area contributed by atoms with E-state index in [2.05, 4.69) is 15.8 Å². The maximum Gasteiger partial charge on any atom is 0.273 e. The highest BCUT2D eigenvalue weighted by Crippen LogP contribution is 2.19. The number of aliphatic hydroxyl groups is 2. The first-order valence-electron chi connectivity index (χ1n) is 12.0. The number of hydrogen-bond donors (Lipinski definition) is 4. The van der Waals surface area contributed by atoms with Crippen molar-refractivity contribution < 1.29 is 28.6 Å². The number of carbonyl (C=O) groups excluding carboxylic acids is 2. The first-order valence-corrected chi connectivity index (χ1v) is 12.0. The van der Waals surface area contributed by atoms with Crippen LogP contribution in [-0.2, 0) is 6.54 Å². The molecule has 0 bridgehead atoms. The van der Waals surface area contributed by atoms with Crippen molar-refractivity contribution in [3.05, 3.63) is 101 Å². The molecule has 0 aromatic heterocycles. The second-order valence-corrected chi connectivity index (χ2v) is 8.99. The molecule has 0 fully saturated rings. The number of anilines is 1. The highest BCUT2D eigenvalue weighted by molar-refractivity contribution is 6.09. The SMILES string of the molecule is CC(O)CN(Cc1cccc(C(=O)Nc2ccc(F)cc2C(=O)NN=Cc2cccc(F)c2)c1)CC(C)O. The predicted molar refractivity (Wildman–Crippen MR) is 141 cm³/mol. The van der Waals surface area contributed by atoms with Crippen LogP contribution in [0.1, 0.15) is 45.7 Å². The Balaban J connectivity index is 1.73. The van der Waals surface area contributed by atoms with E-state index in [1.54, 1.807) is 38.1 Å². The van der Waals surface area contributed by atoms with Gasteiger partial charge in [0.05, 0.1) is 29.7 Å². The van der Waals surface area contributed by atoms with Crippen LogP contribution in [0.3, 0.4) is 0 Å². The topological polar surface area (TPSA) is 114 Å². The van der Waals surface area contributed by atoms with E-state index in [-0.39, 0.29) is 11.3 Å². The fourth-order valence-electron chi connectivity index (χ4n) is 3.84. The van der Waals surface area contributed by atoms with E-state index in [1.165, 1.54) is 30.5 Å². The van der Waals surface area contributed by atoms with Crippen LogP contribution >= 0.6 is 0 Å². The van der Waals surface area contributed by atoms with E-state index in [9.17, 15) is 28.6 Å². The van der Waals surface area contributed by atoms with Crippen LogP contribution in [0.15, 0.2) is 71.8 Å². The minimum Gasteiger partial charge on any atom is -0.392 e. The van der Waals surface area contributed by atoms with Gasteiger partial charge in [-0.15, -0.1) is 0 Å². The largest absolute Gasteiger partial charge is 0.392 e. The van der Waals surface area contributed by atoms with Gasteiger partial charge in [-0.2, -0.15) is 5.10 Å². The molecule has 3 aromatic carbocycles. The second-order valence-electron chi connectivity index (χ2n) is 8.99. The van der Waals surface area contributed by atoms with E-state index in [0.29, 0.717) is 30.8 Å². The molecule has 3 rings (SSSR count). The lowest BCUT2D eigenvalue weighted by molar-refractivity contribution is 0.0793. The standard InChI is InChI=1S/C28H30F2N4O4/c1-18(35)15-34(16-19(2)36)17-21-6-3-7-22(11-21)27(37)32-26-10-9-24(30)13-25(26)28(38)33-31-14-20-5-4-8-23(29)12-20/h3-14,18-19,35-36H,15-17H2,1-2H3,(H,32,37)(H,33,38). The molecule has 10 heteroatoms. The summed E-state index contributed by atoms with van der Waals surface area (Å²) < 4.78 is 27.3. The summed E-state index contributed by atoms with van der Waals surface area (Å²) in [6.45, 7) is 4.39. The van der Waals surface area contributed by atoms with Crippen molar-refractivity contribution in [3.8, 4) is 0 Å². The lowest BCUT2D eigenvalue weighted by atomic mass is 10.1. The number of nitrogens with one attached hydrogen (secondary N) is 2. The summed E-state index contributed by atoms with van der Waals surface area (Å²) >= 11 is 0. The average Bonchev–Trinajstić information content (AvgIpc) is 2.84. The van der Waals surface area contributed by atoms with Gasteiger partial charge in [-0.25, -0.2) is 14.2 Å². The summed E-state index contributed by atoms with van der Waals surface area (Å²) in [6, 6.07) is 15.7. The maximum atomic E-state index is 13.9. The van der Waals surface area contributed by atoms with Crippen LogP contribution < -0.4 is 10.7 Å². The molecule has 0 aliphatic carbocycles. The molecule has 2 amide bonds. The number of hydrogen-bond acceptors (Lipinski definition) is 6. The molecule has 0 saturated carbocycles. The number of amides is 2. The van der Waals surface area contributed by atoms with Gasteiger partial charge in [0.25, 0.3) is 11.8 Å². The molecule has 200 valence electrons. The highest BCUT2D eigenvalue weighted by atomic mass is 19.1. The summed E-state index contributed by atoms with van der Waals surface area (Å²) in [7, 11) is 0. The van der Waals surface area contributed by atoms with Crippen molar-refractivity contribution in [2.75, 3.05) is 18.4 Å². The molecule has 0 heterocycles. The summed E-state index contributed by atoms with van der Waals surface area (Å²) in [6.07, 6.45) is 0.0468. The second kappa shape index (κ2) is 13.5. The molecular formula is C28H30F2N4O4. The van der Waals surface area contributed by atoms with Gasteiger partial charge in [0, 0.05) is 25.2 Å². The van der Waals surface area contributed by atoms with Crippen LogP contribution in [-0.4, -0.2) is 58.4 Å². The van der Waals surface area contributed by atoms with Gasteiger partial charge in [-0.1, -0.05) is 24.3 Å². The van der Waals surface area contributed by atoms with Crippen LogP contribution in [0.2, 0.25) is 0 Å². The third kappa shape index (κ3) is 8.84. The van der Waals surface area contributed by atoms with Crippen molar-refractivity contribution in [3.63, 3.8) is 0 Å². The summed E-state index contributed by atoms with van der Waals surface area (Å²) in [5.74, 6) is -2.43. The number of benzene rings is 3. The van der Waals surface area contributed by atoms with Crippen LogP contribution in [0.5, 0.6) is 0 Å². The molecule has 0 spiro atoms. The molecule has 0 radical (unpaired) electrons. The molecule has 0 aliphatic heterocycles. The quantitative estimate of drug-likeness (QED) is 0.226. The molecule has 0 saturated heterocycles. The molecule has 3 aromatic rings. The van der Waals surface area contributed by atoms with Gasteiger partial charge in [-0.3, -0.25) is 14.5 Å². The Labute approximate surface area is 219 Å². The fraction of sp³-hybridized carbons (Fsp3) is 0.250. The summed E-state index contributed by atoms with van der Waals surface area (Å²) in [5, 5.41) is 25.9. The Bertz CT molecular complexity index is 1290. The van der Waals surface area contributed by atoms with Crippen molar-refractivity contribution in [1.82, 2.24) is 10.3 Å². The van der Waals surface area contributed by atoms with Gasteiger partial charge in [0.15, 0.2) is 0 Å². The van der Waals surface area contributed by atoms with E-state index in [0.717, 1.165) is 17.7 Å². The number of carbonyl (C=O) groups is 2. The highest BCUT2D eigenvalue weighted by Gasteiger charge is 2.17. The molecule has 38 heavy (non-hydrogen) atoms. The lowest BCUT2D eigenvalue weighted by Crippen LogP contribution is -2.35. The van der Waals surface area contributed by atoms with Crippen molar-refractivity contribution in [2.24, 2.45) is 5.10 Å². The third-order valence-electron chi connectivity index (χ3n) is 5.34. The monoisotopic (exact) mass is 524 g/mol. The van der Waals surface area contributed by atoms with E-state index in [1.807, 2.05) is 11.0 Å². The first kappa shape index (κ1) is 28.6. The molecule has 4 N–H and O–H groups in total. The maximum absolute atomic E-state index is 13.9. The number of aliphatic hydroxyl groups excluding tert-OH is 2. The van der Waals surface area contributed by atoms with Crippen molar-refractivity contribution >= 4 is 23.7 Å². The van der Waals surface area contributed by atoms with E-state index < -0.39 is 35.7 Å². The van der Waals surface area contributed by atoms with E-state index >= 15 is 0 Å². The lowest BCUT2D eigenvalue weighted by Gasteiger charge is -2.25. The van der Waals surface area contributed by atoms with Gasteiger partial charge < -0.3 is 15.5 Å². The molecular weight excluding hydrogens is 494 g/mol. The zero-order valence-electron chi connectivity index (χ0n) is 21.1. The molecule has 8 nitrogen and oxygen atoms in total. The Morgan fingerprint density at radius 2 is 1.61 bits per heavy atom.